The molecule has 0 atom stereocenters. The second-order valence-corrected chi connectivity index (χ2v) is 3.57. The number of pyridine rings is 1. The van der Waals surface area contributed by atoms with Gasteiger partial charge in [-0.3, -0.25) is 15.1 Å². The summed E-state index contributed by atoms with van der Waals surface area (Å²) in [5.74, 6) is 6.14. The third-order valence-electron chi connectivity index (χ3n) is 2.25. The summed E-state index contributed by atoms with van der Waals surface area (Å²) in [5, 5.41) is 11.4. The van der Waals surface area contributed by atoms with Crippen LogP contribution in [0.1, 0.15) is 5.56 Å². The first-order valence-electron chi connectivity index (χ1n) is 4.86. The molecule has 0 amide bonds. The van der Waals surface area contributed by atoms with Gasteiger partial charge in [-0.25, -0.2) is 0 Å². The average molecular weight is 244 g/mol. The smallest absolute Gasteiger partial charge is 0.258 e. The zero-order valence-electron chi connectivity index (χ0n) is 8.75. The predicted octanol–water partition coefficient (Wildman–Crippen LogP) is 2.42. The van der Waals surface area contributed by atoms with Crippen molar-refractivity contribution in [3.8, 4) is 11.8 Å². The van der Waals surface area contributed by atoms with Gasteiger partial charge in [-0.15, -0.1) is 0 Å². The van der Waals surface area contributed by atoms with Crippen LogP contribution in [0.25, 0.3) is 10.9 Å². The highest BCUT2D eigenvalue weighted by Gasteiger charge is 2.13. The van der Waals surface area contributed by atoms with Gasteiger partial charge in [-0.1, -0.05) is 11.8 Å². The standard InChI is InChI=1S/C12H8N2O2S/c15-14(16)11-6-5-9(3-2-8-17)12-10(11)4-1-7-13-12/h1,4-7,17H,8H2. The van der Waals surface area contributed by atoms with Crippen LogP contribution in [0.15, 0.2) is 30.5 Å². The Morgan fingerprint density at radius 2 is 2.24 bits per heavy atom. The molecular formula is C12H8N2O2S. The normalized spacial score (nSPS) is 9.71. The largest absolute Gasteiger partial charge is 0.278 e. The Morgan fingerprint density at radius 3 is 2.94 bits per heavy atom. The van der Waals surface area contributed by atoms with Crippen molar-refractivity contribution in [1.82, 2.24) is 4.98 Å². The Morgan fingerprint density at radius 1 is 1.41 bits per heavy atom. The summed E-state index contributed by atoms with van der Waals surface area (Å²) >= 11 is 4.00. The van der Waals surface area contributed by atoms with Crippen LogP contribution in [0, 0.1) is 22.0 Å². The number of aromatic nitrogens is 1. The van der Waals surface area contributed by atoms with Crippen molar-refractivity contribution in [3.63, 3.8) is 0 Å². The Kier molecular flexibility index (Phi) is 3.26. The van der Waals surface area contributed by atoms with Gasteiger partial charge in [0.15, 0.2) is 0 Å². The number of nitro benzene ring substituents is 1. The van der Waals surface area contributed by atoms with Crippen molar-refractivity contribution >= 4 is 29.2 Å². The molecule has 0 spiro atoms. The first-order chi connectivity index (χ1) is 8.24. The zero-order valence-corrected chi connectivity index (χ0v) is 9.65. The Balaban J connectivity index is 2.75. The number of thiol groups is 1. The first kappa shape index (κ1) is 11.4. The number of benzene rings is 1. The van der Waals surface area contributed by atoms with Gasteiger partial charge in [0.25, 0.3) is 5.69 Å². The summed E-state index contributed by atoms with van der Waals surface area (Å²) in [6.07, 6.45) is 1.60. The first-order valence-corrected chi connectivity index (χ1v) is 5.49. The topological polar surface area (TPSA) is 56.0 Å². The van der Waals surface area contributed by atoms with Gasteiger partial charge in [0.2, 0.25) is 0 Å². The lowest BCUT2D eigenvalue weighted by atomic mass is 10.1. The van der Waals surface area contributed by atoms with Gasteiger partial charge < -0.3 is 0 Å². The Hall–Kier alpha value is -2.06. The number of nitrogens with zero attached hydrogens (tertiary/aromatic N) is 2. The molecule has 0 unspecified atom stereocenters. The zero-order chi connectivity index (χ0) is 12.3. The van der Waals surface area contributed by atoms with Crippen LogP contribution in [0.5, 0.6) is 0 Å². The summed E-state index contributed by atoms with van der Waals surface area (Å²) < 4.78 is 0. The van der Waals surface area contributed by atoms with Gasteiger partial charge in [0, 0.05) is 12.3 Å². The molecular weight excluding hydrogens is 236 g/mol. The Labute approximate surface area is 103 Å². The van der Waals surface area contributed by atoms with E-state index in [2.05, 4.69) is 29.5 Å². The van der Waals surface area contributed by atoms with Crippen molar-refractivity contribution in [1.29, 1.82) is 0 Å². The molecule has 1 aromatic heterocycles. The summed E-state index contributed by atoms with van der Waals surface area (Å²) in [4.78, 5) is 14.6. The summed E-state index contributed by atoms with van der Waals surface area (Å²) in [6, 6.07) is 6.41. The van der Waals surface area contributed by atoms with Crippen LogP contribution in [0.2, 0.25) is 0 Å². The number of rotatable bonds is 1. The third-order valence-corrected chi connectivity index (χ3v) is 2.40. The molecule has 0 radical (unpaired) electrons. The highest BCUT2D eigenvalue weighted by atomic mass is 32.1. The van der Waals surface area contributed by atoms with Crippen LogP contribution in [0.3, 0.4) is 0 Å². The van der Waals surface area contributed by atoms with Crippen LogP contribution in [0.4, 0.5) is 5.69 Å². The monoisotopic (exact) mass is 244 g/mol. The fourth-order valence-corrected chi connectivity index (χ4v) is 1.63. The van der Waals surface area contributed by atoms with E-state index in [1.54, 1.807) is 24.4 Å². The predicted molar refractivity (Wildman–Crippen MR) is 69.1 cm³/mol. The van der Waals surface area contributed by atoms with Gasteiger partial charge in [-0.05, 0) is 18.2 Å². The van der Waals surface area contributed by atoms with Gasteiger partial charge in [0.05, 0.1) is 27.1 Å². The molecule has 0 aliphatic heterocycles. The molecule has 0 bridgehead atoms. The van der Waals surface area contributed by atoms with Crippen LogP contribution >= 0.6 is 12.6 Å². The fraction of sp³-hybridized carbons (Fsp3) is 0.0833. The molecule has 1 aromatic carbocycles. The number of hydrogen-bond acceptors (Lipinski definition) is 4. The van der Waals surface area contributed by atoms with Crippen molar-refractivity contribution in [2.75, 3.05) is 5.75 Å². The maximum absolute atomic E-state index is 10.9. The Bertz CT molecular complexity index is 644. The average Bonchev–Trinajstić information content (AvgIpc) is 2.35. The number of hydrogen-bond donors (Lipinski definition) is 1. The van der Waals surface area contributed by atoms with E-state index in [-0.39, 0.29) is 5.69 Å². The third kappa shape index (κ3) is 2.22. The quantitative estimate of drug-likeness (QED) is 0.363. The lowest BCUT2D eigenvalue weighted by Crippen LogP contribution is -1.92. The molecule has 0 fully saturated rings. The lowest BCUT2D eigenvalue weighted by Gasteiger charge is -2.00. The van der Waals surface area contributed by atoms with Crippen LogP contribution in [-0.2, 0) is 0 Å². The minimum Gasteiger partial charge on any atom is -0.258 e. The second-order valence-electron chi connectivity index (χ2n) is 3.25. The SMILES string of the molecule is O=[N+]([O-])c1ccc(C#CCS)c2ncccc12. The molecule has 4 nitrogen and oxygen atoms in total. The molecule has 0 aliphatic carbocycles. The number of fused-ring (bicyclic) bond motifs is 1. The minimum absolute atomic E-state index is 0.0459. The molecule has 2 aromatic rings. The highest BCUT2D eigenvalue weighted by molar-refractivity contribution is 7.80. The fourth-order valence-electron chi connectivity index (χ4n) is 1.55. The van der Waals surface area contributed by atoms with E-state index in [1.807, 2.05) is 0 Å². The van der Waals surface area contributed by atoms with Crippen molar-refractivity contribution in [2.24, 2.45) is 0 Å². The van der Waals surface area contributed by atoms with Gasteiger partial charge in [0.1, 0.15) is 0 Å². The highest BCUT2D eigenvalue weighted by Crippen LogP contribution is 2.26. The van der Waals surface area contributed by atoms with Crippen LogP contribution in [-0.4, -0.2) is 15.7 Å². The van der Waals surface area contributed by atoms with E-state index in [0.29, 0.717) is 22.2 Å². The molecule has 0 saturated carbocycles. The molecule has 0 aliphatic rings. The van der Waals surface area contributed by atoms with Crippen molar-refractivity contribution in [3.05, 3.63) is 46.1 Å². The number of non-ortho nitro benzene ring substituents is 1. The molecule has 2 rings (SSSR count). The molecule has 1 heterocycles. The molecule has 5 heteroatoms. The summed E-state index contributed by atoms with van der Waals surface area (Å²) in [6.45, 7) is 0. The summed E-state index contributed by atoms with van der Waals surface area (Å²) in [5.41, 5.74) is 1.28. The molecule has 84 valence electrons. The summed E-state index contributed by atoms with van der Waals surface area (Å²) in [7, 11) is 0. The maximum atomic E-state index is 10.9. The van der Waals surface area contributed by atoms with Gasteiger partial charge in [-0.2, -0.15) is 12.6 Å². The van der Waals surface area contributed by atoms with Crippen molar-refractivity contribution < 1.29 is 4.92 Å². The van der Waals surface area contributed by atoms with Crippen molar-refractivity contribution in [2.45, 2.75) is 0 Å². The molecule has 0 saturated heterocycles. The number of nitro groups is 1. The van der Waals surface area contributed by atoms with E-state index < -0.39 is 4.92 Å². The molecule has 17 heavy (non-hydrogen) atoms. The second kappa shape index (κ2) is 4.85. The van der Waals surface area contributed by atoms with E-state index >= 15 is 0 Å². The van der Waals surface area contributed by atoms with E-state index in [1.165, 1.54) is 6.07 Å². The minimum atomic E-state index is -0.417. The molecule has 0 N–H and O–H groups in total. The van der Waals surface area contributed by atoms with E-state index in [4.69, 9.17) is 0 Å². The van der Waals surface area contributed by atoms with E-state index in [9.17, 15) is 10.1 Å². The maximum Gasteiger partial charge on any atom is 0.278 e. The van der Waals surface area contributed by atoms with Crippen LogP contribution < -0.4 is 0 Å². The van der Waals surface area contributed by atoms with Gasteiger partial charge >= 0.3 is 0 Å². The van der Waals surface area contributed by atoms with E-state index in [0.717, 1.165) is 0 Å². The lowest BCUT2D eigenvalue weighted by molar-refractivity contribution is -0.383.